The molecule has 5 heteroatoms. The SMILES string of the molecule is CN=C(NCc1ccc(Br)cc1F)NCC(C)C. The molecule has 0 aromatic heterocycles. The number of benzene rings is 1. The van der Waals surface area contributed by atoms with Crippen molar-refractivity contribution in [3.63, 3.8) is 0 Å². The van der Waals surface area contributed by atoms with Gasteiger partial charge in [0.05, 0.1) is 0 Å². The molecule has 3 nitrogen and oxygen atoms in total. The molecule has 0 aliphatic heterocycles. The summed E-state index contributed by atoms with van der Waals surface area (Å²) in [6.07, 6.45) is 0. The smallest absolute Gasteiger partial charge is 0.191 e. The monoisotopic (exact) mass is 315 g/mol. The van der Waals surface area contributed by atoms with Gasteiger partial charge >= 0.3 is 0 Å². The van der Waals surface area contributed by atoms with E-state index in [0.717, 1.165) is 11.0 Å². The van der Waals surface area contributed by atoms with Crippen molar-refractivity contribution in [2.24, 2.45) is 10.9 Å². The van der Waals surface area contributed by atoms with Crippen molar-refractivity contribution < 1.29 is 4.39 Å². The summed E-state index contributed by atoms with van der Waals surface area (Å²) in [5.41, 5.74) is 0.616. The van der Waals surface area contributed by atoms with Gasteiger partial charge in [-0.3, -0.25) is 4.99 Å². The minimum atomic E-state index is -0.226. The Bertz CT molecular complexity index is 419. The van der Waals surface area contributed by atoms with Crippen LogP contribution in [0.15, 0.2) is 27.7 Å². The molecule has 0 saturated heterocycles. The van der Waals surface area contributed by atoms with Crippen LogP contribution in [0.4, 0.5) is 4.39 Å². The van der Waals surface area contributed by atoms with Crippen LogP contribution in [0.5, 0.6) is 0 Å². The third-order valence-electron chi connectivity index (χ3n) is 2.36. The number of guanidine groups is 1. The first-order chi connectivity index (χ1) is 8.52. The van der Waals surface area contributed by atoms with Crippen molar-refractivity contribution in [1.82, 2.24) is 10.6 Å². The quantitative estimate of drug-likeness (QED) is 0.662. The molecule has 100 valence electrons. The normalized spacial score (nSPS) is 11.8. The van der Waals surface area contributed by atoms with E-state index in [1.165, 1.54) is 6.07 Å². The van der Waals surface area contributed by atoms with Gasteiger partial charge in [0, 0.05) is 30.2 Å². The highest BCUT2D eigenvalue weighted by Crippen LogP contribution is 2.14. The van der Waals surface area contributed by atoms with E-state index in [0.29, 0.717) is 24.0 Å². The number of rotatable bonds is 4. The van der Waals surface area contributed by atoms with E-state index in [1.54, 1.807) is 13.1 Å². The van der Waals surface area contributed by atoms with Crippen molar-refractivity contribution >= 4 is 21.9 Å². The molecule has 0 amide bonds. The van der Waals surface area contributed by atoms with E-state index in [1.807, 2.05) is 6.07 Å². The topological polar surface area (TPSA) is 36.4 Å². The molecular formula is C13H19BrFN3. The molecule has 1 rings (SSSR count). The van der Waals surface area contributed by atoms with E-state index in [2.05, 4.69) is 45.4 Å². The van der Waals surface area contributed by atoms with Gasteiger partial charge in [-0.15, -0.1) is 0 Å². The molecule has 0 atom stereocenters. The maximum absolute atomic E-state index is 13.6. The highest BCUT2D eigenvalue weighted by atomic mass is 79.9. The van der Waals surface area contributed by atoms with Crippen LogP contribution in [0.1, 0.15) is 19.4 Å². The van der Waals surface area contributed by atoms with Gasteiger partial charge in [-0.05, 0) is 18.1 Å². The first-order valence-corrected chi connectivity index (χ1v) is 6.70. The average Bonchev–Trinajstić information content (AvgIpc) is 2.31. The first kappa shape index (κ1) is 15.0. The molecule has 0 spiro atoms. The highest BCUT2D eigenvalue weighted by molar-refractivity contribution is 9.10. The minimum absolute atomic E-state index is 0.226. The number of hydrogen-bond donors (Lipinski definition) is 2. The number of aliphatic imine (C=N–C) groups is 1. The zero-order chi connectivity index (χ0) is 13.5. The standard InChI is InChI=1S/C13H19BrFN3/c1-9(2)7-17-13(16-3)18-8-10-4-5-11(14)6-12(10)15/h4-6,9H,7-8H2,1-3H3,(H2,16,17,18). The fourth-order valence-corrected chi connectivity index (χ4v) is 1.70. The van der Waals surface area contributed by atoms with Gasteiger partial charge in [-0.25, -0.2) is 4.39 Å². The predicted octanol–water partition coefficient (Wildman–Crippen LogP) is 2.91. The average molecular weight is 316 g/mol. The summed E-state index contributed by atoms with van der Waals surface area (Å²) in [4.78, 5) is 4.09. The van der Waals surface area contributed by atoms with Crippen molar-refractivity contribution in [1.29, 1.82) is 0 Å². The largest absolute Gasteiger partial charge is 0.356 e. The van der Waals surface area contributed by atoms with Gasteiger partial charge in [-0.1, -0.05) is 35.8 Å². The first-order valence-electron chi connectivity index (χ1n) is 5.91. The lowest BCUT2D eigenvalue weighted by molar-refractivity contribution is 0.596. The summed E-state index contributed by atoms with van der Waals surface area (Å²) in [5.74, 6) is 0.996. The number of hydrogen-bond acceptors (Lipinski definition) is 1. The van der Waals surface area contributed by atoms with Crippen LogP contribution in [-0.2, 0) is 6.54 Å². The van der Waals surface area contributed by atoms with E-state index < -0.39 is 0 Å². The molecule has 0 heterocycles. The van der Waals surface area contributed by atoms with Gasteiger partial charge in [-0.2, -0.15) is 0 Å². The van der Waals surface area contributed by atoms with Gasteiger partial charge in [0.15, 0.2) is 5.96 Å². The Morgan fingerprint density at radius 3 is 2.67 bits per heavy atom. The Morgan fingerprint density at radius 2 is 2.11 bits per heavy atom. The van der Waals surface area contributed by atoms with E-state index in [9.17, 15) is 4.39 Å². The van der Waals surface area contributed by atoms with Crippen LogP contribution < -0.4 is 10.6 Å². The number of halogens is 2. The van der Waals surface area contributed by atoms with Gasteiger partial charge < -0.3 is 10.6 Å². The molecule has 0 bridgehead atoms. The second-order valence-corrected chi connectivity index (χ2v) is 5.35. The van der Waals surface area contributed by atoms with Crippen LogP contribution in [0.25, 0.3) is 0 Å². The summed E-state index contributed by atoms with van der Waals surface area (Å²) in [6.45, 7) is 5.49. The van der Waals surface area contributed by atoms with Crippen LogP contribution in [0.2, 0.25) is 0 Å². The third kappa shape index (κ3) is 5.04. The van der Waals surface area contributed by atoms with Crippen molar-refractivity contribution in [2.45, 2.75) is 20.4 Å². The maximum atomic E-state index is 13.6. The molecule has 0 aliphatic carbocycles. The molecule has 1 aromatic carbocycles. The Morgan fingerprint density at radius 1 is 1.39 bits per heavy atom. The van der Waals surface area contributed by atoms with Gasteiger partial charge in [0.25, 0.3) is 0 Å². The molecule has 0 radical (unpaired) electrons. The maximum Gasteiger partial charge on any atom is 0.191 e. The lowest BCUT2D eigenvalue weighted by atomic mass is 10.2. The Kier molecular flexibility index (Phi) is 6.12. The van der Waals surface area contributed by atoms with Crippen molar-refractivity contribution in [2.75, 3.05) is 13.6 Å². The third-order valence-corrected chi connectivity index (χ3v) is 2.86. The zero-order valence-electron chi connectivity index (χ0n) is 10.9. The van der Waals surface area contributed by atoms with Crippen molar-refractivity contribution in [3.05, 3.63) is 34.1 Å². The Balaban J connectivity index is 2.52. The second kappa shape index (κ2) is 7.36. The van der Waals surface area contributed by atoms with Crippen LogP contribution >= 0.6 is 15.9 Å². The zero-order valence-corrected chi connectivity index (χ0v) is 12.5. The highest BCUT2D eigenvalue weighted by Gasteiger charge is 2.04. The van der Waals surface area contributed by atoms with E-state index >= 15 is 0 Å². The molecule has 0 aliphatic rings. The fraction of sp³-hybridized carbons (Fsp3) is 0.462. The number of nitrogens with zero attached hydrogens (tertiary/aromatic N) is 1. The molecule has 1 aromatic rings. The van der Waals surface area contributed by atoms with E-state index in [-0.39, 0.29) is 5.82 Å². The summed E-state index contributed by atoms with van der Waals surface area (Å²) in [6, 6.07) is 5.04. The summed E-state index contributed by atoms with van der Waals surface area (Å²) in [5, 5.41) is 6.26. The molecule has 0 fully saturated rings. The minimum Gasteiger partial charge on any atom is -0.356 e. The molecule has 0 saturated carbocycles. The Labute approximate surface area is 116 Å². The second-order valence-electron chi connectivity index (χ2n) is 4.44. The lowest BCUT2D eigenvalue weighted by Crippen LogP contribution is -2.38. The number of nitrogens with one attached hydrogen (secondary N) is 2. The molecule has 18 heavy (non-hydrogen) atoms. The lowest BCUT2D eigenvalue weighted by Gasteiger charge is -2.13. The predicted molar refractivity (Wildman–Crippen MR) is 77.1 cm³/mol. The molecular weight excluding hydrogens is 297 g/mol. The molecule has 0 unspecified atom stereocenters. The Hall–Kier alpha value is -1.10. The van der Waals surface area contributed by atoms with Gasteiger partial charge in [0.1, 0.15) is 5.82 Å². The summed E-state index contributed by atoms with van der Waals surface area (Å²) in [7, 11) is 1.70. The van der Waals surface area contributed by atoms with Crippen molar-refractivity contribution in [3.8, 4) is 0 Å². The van der Waals surface area contributed by atoms with Gasteiger partial charge in [0.2, 0.25) is 0 Å². The van der Waals surface area contributed by atoms with Crippen LogP contribution in [-0.4, -0.2) is 19.6 Å². The summed E-state index contributed by atoms with van der Waals surface area (Å²) >= 11 is 3.23. The summed E-state index contributed by atoms with van der Waals surface area (Å²) < 4.78 is 14.3. The van der Waals surface area contributed by atoms with E-state index in [4.69, 9.17) is 0 Å². The molecule has 2 N–H and O–H groups in total. The van der Waals surface area contributed by atoms with Crippen LogP contribution in [0.3, 0.4) is 0 Å². The van der Waals surface area contributed by atoms with Crippen LogP contribution in [0, 0.1) is 11.7 Å². The fourth-order valence-electron chi connectivity index (χ4n) is 1.37.